The second kappa shape index (κ2) is 6.31. The number of likely N-dealkylation sites (tertiary alicyclic amines) is 1. The van der Waals surface area contributed by atoms with Crippen LogP contribution >= 0.6 is 0 Å². The molecule has 1 fully saturated rings. The third-order valence-electron chi connectivity index (χ3n) is 3.78. The highest BCUT2D eigenvalue weighted by Crippen LogP contribution is 2.31. The zero-order valence-corrected chi connectivity index (χ0v) is 12.5. The number of carbonyl (C=O) groups is 1. The topological polar surface area (TPSA) is 66.3 Å². The van der Waals surface area contributed by atoms with Crippen LogP contribution in [0.5, 0.6) is 0 Å². The third kappa shape index (κ3) is 3.54. The summed E-state index contributed by atoms with van der Waals surface area (Å²) in [6.07, 6.45) is 2.85. The molecule has 0 aliphatic carbocycles. The van der Waals surface area contributed by atoms with Crippen molar-refractivity contribution in [2.45, 2.75) is 58.5 Å². The summed E-state index contributed by atoms with van der Waals surface area (Å²) in [6, 6.07) is 2.65. The van der Waals surface area contributed by atoms with Crippen molar-refractivity contribution in [3.05, 3.63) is 23.3 Å². The lowest BCUT2D eigenvalue weighted by Gasteiger charge is -2.27. The first-order valence-corrected chi connectivity index (χ1v) is 7.29. The van der Waals surface area contributed by atoms with Gasteiger partial charge < -0.3 is 5.11 Å². The van der Waals surface area contributed by atoms with Crippen LogP contribution in [0.3, 0.4) is 0 Å². The molecule has 1 saturated heterocycles. The maximum absolute atomic E-state index is 10.7. The van der Waals surface area contributed by atoms with E-state index in [-0.39, 0.29) is 12.5 Å². The van der Waals surface area contributed by atoms with Crippen LogP contribution in [0.2, 0.25) is 0 Å². The number of aromatic nitrogens is 2. The van der Waals surface area contributed by atoms with E-state index in [0.717, 1.165) is 30.2 Å². The molecule has 0 unspecified atom stereocenters. The van der Waals surface area contributed by atoms with Gasteiger partial charge in [-0.25, -0.2) is 9.97 Å². The molecule has 1 atom stereocenters. The van der Waals surface area contributed by atoms with E-state index < -0.39 is 5.97 Å². The van der Waals surface area contributed by atoms with Gasteiger partial charge in [0, 0.05) is 23.9 Å². The smallest absolute Gasteiger partial charge is 0.303 e. The van der Waals surface area contributed by atoms with Gasteiger partial charge in [0.1, 0.15) is 5.82 Å². The van der Waals surface area contributed by atoms with E-state index in [0.29, 0.717) is 12.5 Å². The SMILES string of the molecule is Cc1cc(CCC(=O)O)nc([C@@H]2CCCN2C(C)C)n1. The van der Waals surface area contributed by atoms with Gasteiger partial charge in [0.15, 0.2) is 0 Å². The number of rotatable bonds is 5. The molecule has 1 aliphatic heterocycles. The minimum Gasteiger partial charge on any atom is -0.481 e. The van der Waals surface area contributed by atoms with Crippen molar-refractivity contribution in [3.8, 4) is 0 Å². The quantitative estimate of drug-likeness (QED) is 0.895. The Balaban J connectivity index is 2.20. The maximum Gasteiger partial charge on any atom is 0.303 e. The van der Waals surface area contributed by atoms with E-state index >= 15 is 0 Å². The molecule has 0 radical (unpaired) electrons. The van der Waals surface area contributed by atoms with Crippen LogP contribution in [-0.4, -0.2) is 38.5 Å². The Labute approximate surface area is 120 Å². The molecule has 110 valence electrons. The largest absolute Gasteiger partial charge is 0.481 e. The van der Waals surface area contributed by atoms with E-state index in [2.05, 4.69) is 28.7 Å². The summed E-state index contributed by atoms with van der Waals surface area (Å²) in [6.45, 7) is 7.42. The number of carboxylic acid groups (broad SMARTS) is 1. The fraction of sp³-hybridized carbons (Fsp3) is 0.667. The average Bonchev–Trinajstić information content (AvgIpc) is 2.85. The van der Waals surface area contributed by atoms with Gasteiger partial charge in [0.2, 0.25) is 0 Å². The molecule has 0 spiro atoms. The van der Waals surface area contributed by atoms with Crippen LogP contribution in [0.15, 0.2) is 6.07 Å². The van der Waals surface area contributed by atoms with Gasteiger partial charge in [-0.3, -0.25) is 9.69 Å². The van der Waals surface area contributed by atoms with Crippen LogP contribution < -0.4 is 0 Å². The number of aliphatic carboxylic acids is 1. The number of nitrogens with zero attached hydrogens (tertiary/aromatic N) is 3. The molecule has 1 N–H and O–H groups in total. The second-order valence-electron chi connectivity index (χ2n) is 5.74. The van der Waals surface area contributed by atoms with Crippen LogP contribution in [0.4, 0.5) is 0 Å². The summed E-state index contributed by atoms with van der Waals surface area (Å²) < 4.78 is 0. The summed E-state index contributed by atoms with van der Waals surface area (Å²) in [5.74, 6) is 0.0732. The molecule has 2 heterocycles. The standard InChI is InChI=1S/C15H23N3O2/c1-10(2)18-8-4-5-13(18)15-16-11(3)9-12(17-15)6-7-14(19)20/h9-10,13H,4-8H2,1-3H3,(H,19,20)/t13-/m0/s1. The third-order valence-corrected chi connectivity index (χ3v) is 3.78. The molecular weight excluding hydrogens is 254 g/mol. The Morgan fingerprint density at radius 1 is 1.50 bits per heavy atom. The molecule has 0 saturated carbocycles. The Kier molecular flexibility index (Phi) is 4.70. The van der Waals surface area contributed by atoms with Crippen LogP contribution in [0.25, 0.3) is 0 Å². The first-order chi connectivity index (χ1) is 9.47. The van der Waals surface area contributed by atoms with Crippen molar-refractivity contribution in [2.24, 2.45) is 0 Å². The van der Waals surface area contributed by atoms with E-state index in [9.17, 15) is 4.79 Å². The van der Waals surface area contributed by atoms with Crippen molar-refractivity contribution in [2.75, 3.05) is 6.54 Å². The molecule has 20 heavy (non-hydrogen) atoms. The summed E-state index contributed by atoms with van der Waals surface area (Å²) in [5.41, 5.74) is 1.76. The van der Waals surface area contributed by atoms with Gasteiger partial charge in [-0.2, -0.15) is 0 Å². The highest BCUT2D eigenvalue weighted by atomic mass is 16.4. The molecule has 5 nitrogen and oxygen atoms in total. The molecule has 2 rings (SSSR count). The summed E-state index contributed by atoms with van der Waals surface area (Å²) in [4.78, 5) is 22.3. The monoisotopic (exact) mass is 277 g/mol. The van der Waals surface area contributed by atoms with E-state index in [4.69, 9.17) is 5.11 Å². The molecule has 1 aromatic rings. The predicted octanol–water partition coefficient (Wildman–Crippen LogP) is 2.35. The zero-order valence-electron chi connectivity index (χ0n) is 12.5. The molecule has 0 bridgehead atoms. The lowest BCUT2D eigenvalue weighted by atomic mass is 10.1. The summed E-state index contributed by atoms with van der Waals surface area (Å²) in [5, 5.41) is 8.79. The molecule has 1 aliphatic rings. The zero-order chi connectivity index (χ0) is 14.7. The van der Waals surface area contributed by atoms with Gasteiger partial charge in [-0.05, 0) is 46.2 Å². The molecule has 5 heteroatoms. The van der Waals surface area contributed by atoms with E-state index in [1.807, 2.05) is 13.0 Å². The fourth-order valence-corrected chi connectivity index (χ4v) is 2.85. The van der Waals surface area contributed by atoms with Crippen molar-refractivity contribution in [1.29, 1.82) is 0 Å². The first-order valence-electron chi connectivity index (χ1n) is 7.29. The van der Waals surface area contributed by atoms with Gasteiger partial charge in [-0.1, -0.05) is 0 Å². The Morgan fingerprint density at radius 3 is 2.90 bits per heavy atom. The van der Waals surface area contributed by atoms with Crippen molar-refractivity contribution >= 4 is 5.97 Å². The normalized spacial score (nSPS) is 19.7. The van der Waals surface area contributed by atoms with Crippen LogP contribution in [-0.2, 0) is 11.2 Å². The maximum atomic E-state index is 10.7. The van der Waals surface area contributed by atoms with Gasteiger partial charge >= 0.3 is 5.97 Å². The number of aryl methyl sites for hydroxylation is 2. The fourth-order valence-electron chi connectivity index (χ4n) is 2.85. The Hall–Kier alpha value is -1.49. The van der Waals surface area contributed by atoms with Crippen LogP contribution in [0.1, 0.15) is 56.4 Å². The predicted molar refractivity (Wildman–Crippen MR) is 76.5 cm³/mol. The minimum absolute atomic E-state index is 0.119. The van der Waals surface area contributed by atoms with Gasteiger partial charge in [0.25, 0.3) is 0 Å². The molecule has 0 aromatic carbocycles. The lowest BCUT2D eigenvalue weighted by molar-refractivity contribution is -0.136. The van der Waals surface area contributed by atoms with Crippen molar-refractivity contribution < 1.29 is 9.90 Å². The first kappa shape index (κ1) is 14.9. The average molecular weight is 277 g/mol. The van der Waals surface area contributed by atoms with Gasteiger partial charge in [0.05, 0.1) is 12.5 Å². The second-order valence-corrected chi connectivity index (χ2v) is 5.74. The van der Waals surface area contributed by atoms with E-state index in [1.54, 1.807) is 0 Å². The number of hydrogen-bond acceptors (Lipinski definition) is 4. The molecule has 0 amide bonds. The Morgan fingerprint density at radius 2 is 2.25 bits per heavy atom. The molecule has 1 aromatic heterocycles. The highest BCUT2D eigenvalue weighted by Gasteiger charge is 2.30. The molecular formula is C15H23N3O2. The number of hydrogen-bond donors (Lipinski definition) is 1. The summed E-state index contributed by atoms with van der Waals surface area (Å²) >= 11 is 0. The highest BCUT2D eigenvalue weighted by molar-refractivity contribution is 5.66. The summed E-state index contributed by atoms with van der Waals surface area (Å²) in [7, 11) is 0. The number of carboxylic acids is 1. The van der Waals surface area contributed by atoms with Crippen LogP contribution in [0, 0.1) is 6.92 Å². The van der Waals surface area contributed by atoms with Gasteiger partial charge in [-0.15, -0.1) is 0 Å². The lowest BCUT2D eigenvalue weighted by Crippen LogP contribution is -2.31. The van der Waals surface area contributed by atoms with E-state index in [1.165, 1.54) is 6.42 Å². The van der Waals surface area contributed by atoms with Crippen molar-refractivity contribution in [3.63, 3.8) is 0 Å². The Bertz CT molecular complexity index is 488. The minimum atomic E-state index is -0.785. The van der Waals surface area contributed by atoms with Crippen molar-refractivity contribution in [1.82, 2.24) is 14.9 Å².